The van der Waals surface area contributed by atoms with E-state index in [1.165, 1.54) is 30.3 Å². The number of hydrogen-bond donors (Lipinski definition) is 5. The second kappa shape index (κ2) is 15.7. The second-order valence-electron chi connectivity index (χ2n) is 13.3. The summed E-state index contributed by atoms with van der Waals surface area (Å²) < 4.78 is 12.0. The molecule has 0 saturated heterocycles. The fourth-order valence-corrected chi connectivity index (χ4v) is 5.98. The molecule has 11 heteroatoms. The smallest absolute Gasteiger partial charge is 0.336 e. The highest BCUT2D eigenvalue weighted by atomic mass is 16.5. The highest BCUT2D eigenvalue weighted by Crippen LogP contribution is 2.35. The Labute approximate surface area is 317 Å². The van der Waals surface area contributed by atoms with Crippen LogP contribution in [-0.2, 0) is 5.41 Å². The topological polar surface area (TPSA) is 177 Å². The molecule has 6 N–H and O–H groups in total. The van der Waals surface area contributed by atoms with E-state index in [1.54, 1.807) is 72.8 Å². The number of ether oxygens (including phenoxy) is 2. The van der Waals surface area contributed by atoms with E-state index >= 15 is 0 Å². The molecule has 0 saturated carbocycles. The number of hydrogen-bond acceptors (Lipinski definition) is 7. The fraction of sp³-hybridized carbons (Fsp3) is 0.0909. The summed E-state index contributed by atoms with van der Waals surface area (Å²) in [7, 11) is 0. The molecule has 11 nitrogen and oxygen atoms in total. The van der Waals surface area contributed by atoms with Crippen molar-refractivity contribution in [2.45, 2.75) is 26.2 Å². The van der Waals surface area contributed by atoms with Gasteiger partial charge in [-0.05, 0) is 115 Å². The van der Waals surface area contributed by atoms with Crippen molar-refractivity contribution in [2.75, 3.05) is 16.4 Å². The number of rotatable bonds is 12. The van der Waals surface area contributed by atoms with Crippen LogP contribution in [0.1, 0.15) is 72.0 Å². The van der Waals surface area contributed by atoms with E-state index in [0.29, 0.717) is 28.6 Å². The molecule has 0 aliphatic carbocycles. The number of carbonyl (C=O) groups excluding carboxylic acids is 2. The minimum Gasteiger partial charge on any atom is -0.478 e. The zero-order valence-corrected chi connectivity index (χ0v) is 30.1. The van der Waals surface area contributed by atoms with Crippen molar-refractivity contribution in [1.82, 2.24) is 0 Å². The third-order valence-electron chi connectivity index (χ3n) is 8.98. The summed E-state index contributed by atoms with van der Waals surface area (Å²) in [6.45, 7) is 6.02. The molecule has 0 radical (unpaired) electrons. The van der Waals surface area contributed by atoms with Crippen LogP contribution < -0.4 is 25.8 Å². The number of nitrogen functional groups attached to an aromatic ring is 1. The summed E-state index contributed by atoms with van der Waals surface area (Å²) in [6, 6.07) is 37.1. The molecule has 0 aliphatic heterocycles. The van der Waals surface area contributed by atoms with E-state index < -0.39 is 29.2 Å². The Bertz CT molecular complexity index is 2250. The molecule has 0 aliphatic rings. The summed E-state index contributed by atoms with van der Waals surface area (Å²) in [5.41, 5.74) is 9.26. The lowest BCUT2D eigenvalue weighted by Crippen LogP contribution is -2.18. The summed E-state index contributed by atoms with van der Waals surface area (Å²) in [5.74, 6) is -2.22. The van der Waals surface area contributed by atoms with Gasteiger partial charge in [-0.2, -0.15) is 0 Å². The summed E-state index contributed by atoms with van der Waals surface area (Å²) in [4.78, 5) is 50.0. The van der Waals surface area contributed by atoms with Gasteiger partial charge in [0.1, 0.15) is 23.0 Å². The molecule has 0 bridgehead atoms. The van der Waals surface area contributed by atoms with E-state index in [1.807, 2.05) is 37.3 Å². The number of aromatic carboxylic acids is 2. The number of carboxylic acid groups (broad SMARTS) is 2. The zero-order valence-electron chi connectivity index (χ0n) is 30.1. The first kappa shape index (κ1) is 37.4. The lowest BCUT2D eigenvalue weighted by Gasteiger charge is -2.26. The summed E-state index contributed by atoms with van der Waals surface area (Å²) in [5, 5.41) is 25.1. The van der Waals surface area contributed by atoms with Crippen molar-refractivity contribution < 1.29 is 38.9 Å². The average Bonchev–Trinajstić information content (AvgIpc) is 3.15. The molecular weight excluding hydrogens is 698 g/mol. The molecule has 0 fully saturated rings. The maximum atomic E-state index is 12.9. The molecule has 6 aromatic carbocycles. The number of carbonyl (C=O) groups is 4. The SMILES string of the molecule is Cc1cccc(NC(=O)c2ccc(Oc3ccc(C(C)(C)c4ccc(Oc5ccc(C(=O)Nc6cccc(N)c6)c(C(=O)O)c5)cc4)cc3)cc2C(=O)O)c1. The zero-order chi connectivity index (χ0) is 39.3. The van der Waals surface area contributed by atoms with Crippen LogP contribution >= 0.6 is 0 Å². The van der Waals surface area contributed by atoms with Gasteiger partial charge in [-0.3, -0.25) is 9.59 Å². The number of aryl methyl sites for hydroxylation is 1. The first-order valence-electron chi connectivity index (χ1n) is 17.1. The average molecular weight is 736 g/mol. The third-order valence-corrected chi connectivity index (χ3v) is 8.98. The Balaban J connectivity index is 1.12. The van der Waals surface area contributed by atoms with E-state index in [4.69, 9.17) is 15.2 Å². The molecule has 6 aromatic rings. The van der Waals surface area contributed by atoms with E-state index in [2.05, 4.69) is 24.5 Å². The molecule has 276 valence electrons. The Kier molecular flexibility index (Phi) is 10.7. The van der Waals surface area contributed by atoms with Crippen LogP contribution in [0.4, 0.5) is 17.1 Å². The van der Waals surface area contributed by atoms with Crippen molar-refractivity contribution in [3.05, 3.63) is 172 Å². The summed E-state index contributed by atoms with van der Waals surface area (Å²) in [6.07, 6.45) is 0. The van der Waals surface area contributed by atoms with Gasteiger partial charge in [0.2, 0.25) is 0 Å². The Morgan fingerprint density at radius 3 is 1.36 bits per heavy atom. The van der Waals surface area contributed by atoms with Crippen LogP contribution in [0.15, 0.2) is 133 Å². The van der Waals surface area contributed by atoms with Crippen LogP contribution in [0.25, 0.3) is 0 Å². The van der Waals surface area contributed by atoms with E-state index in [9.17, 15) is 29.4 Å². The van der Waals surface area contributed by atoms with Gasteiger partial charge < -0.3 is 36.1 Å². The first-order valence-corrected chi connectivity index (χ1v) is 17.1. The normalized spacial score (nSPS) is 11.0. The predicted molar refractivity (Wildman–Crippen MR) is 210 cm³/mol. The highest BCUT2D eigenvalue weighted by Gasteiger charge is 2.24. The molecule has 0 spiro atoms. The standard InChI is InChI=1S/C44H37N3O8/c1-26-6-4-8-30(22-26)46-40(48)36-20-18-34(24-38(36)42(50)51)54-32-14-10-27(11-15-32)44(2,3)28-12-16-33(17-13-28)55-35-19-21-37(39(25-35)43(52)53)41(49)47-31-9-5-7-29(45)23-31/h4-25H,45H2,1-3H3,(H,46,48)(H,47,49)(H,50,51)(H,52,53). The van der Waals surface area contributed by atoms with Crippen LogP contribution in [0, 0.1) is 6.92 Å². The molecular formula is C44H37N3O8. The van der Waals surface area contributed by atoms with Crippen molar-refractivity contribution in [2.24, 2.45) is 0 Å². The third kappa shape index (κ3) is 8.81. The van der Waals surface area contributed by atoms with E-state index in [0.717, 1.165) is 16.7 Å². The van der Waals surface area contributed by atoms with Crippen molar-refractivity contribution in [1.29, 1.82) is 0 Å². The number of benzene rings is 6. The Hall–Kier alpha value is -7.40. The molecule has 2 amide bonds. The van der Waals surface area contributed by atoms with Crippen LogP contribution in [0.2, 0.25) is 0 Å². The predicted octanol–water partition coefficient (Wildman–Crippen LogP) is 9.39. The highest BCUT2D eigenvalue weighted by molar-refractivity contribution is 6.11. The maximum absolute atomic E-state index is 12.9. The van der Waals surface area contributed by atoms with Crippen LogP contribution in [0.5, 0.6) is 23.0 Å². The van der Waals surface area contributed by atoms with Crippen LogP contribution in [-0.4, -0.2) is 34.0 Å². The van der Waals surface area contributed by atoms with Gasteiger partial charge in [0.05, 0.1) is 22.3 Å². The second-order valence-corrected chi connectivity index (χ2v) is 13.3. The quantitative estimate of drug-likeness (QED) is 0.0766. The van der Waals surface area contributed by atoms with Gasteiger partial charge in [-0.1, -0.05) is 56.3 Å². The molecule has 55 heavy (non-hydrogen) atoms. The van der Waals surface area contributed by atoms with Crippen molar-refractivity contribution in [3.63, 3.8) is 0 Å². The largest absolute Gasteiger partial charge is 0.478 e. The van der Waals surface area contributed by atoms with Crippen LogP contribution in [0.3, 0.4) is 0 Å². The molecule has 6 rings (SSSR count). The molecule has 0 heterocycles. The summed E-state index contributed by atoms with van der Waals surface area (Å²) >= 11 is 0. The number of amides is 2. The van der Waals surface area contributed by atoms with Gasteiger partial charge >= 0.3 is 11.9 Å². The van der Waals surface area contributed by atoms with E-state index in [-0.39, 0.29) is 33.8 Å². The Morgan fingerprint density at radius 2 is 0.945 bits per heavy atom. The molecule has 0 atom stereocenters. The van der Waals surface area contributed by atoms with Gasteiger partial charge in [-0.25, -0.2) is 9.59 Å². The Morgan fingerprint density at radius 1 is 0.527 bits per heavy atom. The number of carboxylic acids is 2. The van der Waals surface area contributed by atoms with Gasteiger partial charge in [-0.15, -0.1) is 0 Å². The first-order chi connectivity index (χ1) is 26.3. The van der Waals surface area contributed by atoms with Gasteiger partial charge in [0, 0.05) is 22.5 Å². The van der Waals surface area contributed by atoms with Gasteiger partial charge in [0.25, 0.3) is 11.8 Å². The maximum Gasteiger partial charge on any atom is 0.336 e. The number of nitrogens with one attached hydrogen (secondary N) is 2. The molecule has 0 unspecified atom stereocenters. The number of anilines is 3. The lowest BCUT2D eigenvalue weighted by atomic mass is 9.78. The van der Waals surface area contributed by atoms with Crippen molar-refractivity contribution in [3.8, 4) is 23.0 Å². The fourth-order valence-electron chi connectivity index (χ4n) is 5.98. The van der Waals surface area contributed by atoms with Crippen molar-refractivity contribution >= 4 is 40.8 Å². The minimum absolute atomic E-state index is 0.00736. The minimum atomic E-state index is -1.28. The van der Waals surface area contributed by atoms with Gasteiger partial charge in [0.15, 0.2) is 0 Å². The lowest BCUT2D eigenvalue weighted by molar-refractivity contribution is 0.0683. The monoisotopic (exact) mass is 735 g/mol. The number of nitrogens with two attached hydrogens (primary N) is 1. The molecule has 0 aromatic heterocycles.